The zero-order valence-corrected chi connectivity index (χ0v) is 23.5. The summed E-state index contributed by atoms with van der Waals surface area (Å²) in [5, 5.41) is 0.101. The molecule has 3 fully saturated rings. The molecule has 2 bridgehead atoms. The van der Waals surface area contributed by atoms with Gasteiger partial charge in [0.15, 0.2) is 8.32 Å². The highest BCUT2D eigenvalue weighted by Gasteiger charge is 2.70. The first-order valence-electron chi connectivity index (χ1n) is 13.0. The van der Waals surface area contributed by atoms with Crippen LogP contribution in [0.25, 0.3) is 0 Å². The fraction of sp³-hybridized carbons (Fsp3) is 0.857. The largest absolute Gasteiger partial charge is 0.462 e. The average molecular weight is 475 g/mol. The molecule has 4 aliphatic rings. The molecule has 0 saturated heterocycles. The number of ether oxygens (including phenoxy) is 1. The molecule has 4 rings (SSSR count). The smallest absolute Gasteiger partial charge is 0.302 e. The van der Waals surface area contributed by atoms with Crippen LogP contribution in [0.2, 0.25) is 18.1 Å². The Morgan fingerprint density at radius 3 is 2.39 bits per heavy atom. The van der Waals surface area contributed by atoms with E-state index in [0.29, 0.717) is 24.7 Å². The van der Waals surface area contributed by atoms with Crippen LogP contribution in [0.15, 0.2) is 12.2 Å². The van der Waals surface area contributed by atoms with Gasteiger partial charge in [0.1, 0.15) is 11.9 Å². The van der Waals surface area contributed by atoms with Gasteiger partial charge < -0.3 is 9.16 Å². The Balaban J connectivity index is 1.71. The molecule has 6 atom stereocenters. The van der Waals surface area contributed by atoms with Crippen LogP contribution in [-0.4, -0.2) is 32.8 Å². The molecule has 0 radical (unpaired) electrons. The van der Waals surface area contributed by atoms with Gasteiger partial charge in [-0.15, -0.1) is 0 Å². The number of esters is 1. The van der Waals surface area contributed by atoms with Gasteiger partial charge in [-0.2, -0.15) is 0 Å². The summed E-state index contributed by atoms with van der Waals surface area (Å²) in [4.78, 5) is 26.1. The summed E-state index contributed by atoms with van der Waals surface area (Å²) in [5.74, 6) is 0.810. The minimum absolute atomic E-state index is 0.0924. The summed E-state index contributed by atoms with van der Waals surface area (Å²) in [6.45, 7) is 20.4. The molecule has 0 amide bonds. The molecule has 186 valence electrons. The molecule has 33 heavy (non-hydrogen) atoms. The second-order valence-corrected chi connectivity index (χ2v) is 19.1. The lowest BCUT2D eigenvalue weighted by atomic mass is 9.39. The third-order valence-electron chi connectivity index (χ3n) is 10.9. The molecule has 0 N–H and O–H groups in total. The second-order valence-electron chi connectivity index (χ2n) is 14.2. The van der Waals surface area contributed by atoms with E-state index in [0.717, 1.165) is 19.3 Å². The van der Waals surface area contributed by atoms with E-state index < -0.39 is 13.7 Å². The topological polar surface area (TPSA) is 52.6 Å². The van der Waals surface area contributed by atoms with Gasteiger partial charge in [0.25, 0.3) is 0 Å². The SMILES string of the molecule is CC(=O)O[C@H]1CC2C(C)(C)CCC[C@@]2(C)C2CC(=O)[C@]3(CO[Si](C)(C)C(C)(C)C)C=C[C@@]21C3. The zero-order chi connectivity index (χ0) is 24.7. The van der Waals surface area contributed by atoms with Crippen LogP contribution >= 0.6 is 0 Å². The predicted octanol–water partition coefficient (Wildman–Crippen LogP) is 6.70. The van der Waals surface area contributed by atoms with E-state index in [2.05, 4.69) is 66.8 Å². The minimum Gasteiger partial charge on any atom is -0.462 e. The van der Waals surface area contributed by atoms with E-state index >= 15 is 0 Å². The lowest BCUT2D eigenvalue weighted by Crippen LogP contribution is -2.64. The summed E-state index contributed by atoms with van der Waals surface area (Å²) in [5.41, 5.74) is -0.541. The van der Waals surface area contributed by atoms with Crippen LogP contribution < -0.4 is 0 Å². The maximum absolute atomic E-state index is 13.9. The van der Waals surface area contributed by atoms with Gasteiger partial charge in [-0.1, -0.05) is 60.1 Å². The van der Waals surface area contributed by atoms with Crippen molar-refractivity contribution in [1.29, 1.82) is 0 Å². The molecule has 4 aliphatic carbocycles. The van der Waals surface area contributed by atoms with E-state index in [-0.39, 0.29) is 39.3 Å². The summed E-state index contributed by atoms with van der Waals surface area (Å²) in [6.07, 6.45) is 10.1. The highest BCUT2D eigenvalue weighted by molar-refractivity contribution is 6.74. The normalized spacial score (nSPS) is 42.0. The first-order chi connectivity index (χ1) is 15.0. The van der Waals surface area contributed by atoms with Crippen LogP contribution in [0.1, 0.15) is 87.0 Å². The van der Waals surface area contributed by atoms with Crippen molar-refractivity contribution in [3.63, 3.8) is 0 Å². The first-order valence-corrected chi connectivity index (χ1v) is 15.9. The molecule has 0 aliphatic heterocycles. The molecule has 2 unspecified atom stereocenters. The van der Waals surface area contributed by atoms with Crippen LogP contribution in [0.3, 0.4) is 0 Å². The van der Waals surface area contributed by atoms with Crippen molar-refractivity contribution in [3.05, 3.63) is 12.2 Å². The highest BCUT2D eigenvalue weighted by Crippen LogP contribution is 2.71. The maximum Gasteiger partial charge on any atom is 0.302 e. The van der Waals surface area contributed by atoms with Crippen molar-refractivity contribution in [1.82, 2.24) is 0 Å². The van der Waals surface area contributed by atoms with Crippen molar-refractivity contribution >= 4 is 20.1 Å². The number of hydrogen-bond acceptors (Lipinski definition) is 4. The fourth-order valence-corrected chi connectivity index (χ4v) is 9.00. The van der Waals surface area contributed by atoms with Crippen molar-refractivity contribution in [2.24, 2.45) is 33.5 Å². The molecular weight excluding hydrogens is 428 g/mol. The Kier molecular flexibility index (Phi) is 5.74. The van der Waals surface area contributed by atoms with E-state index in [1.165, 1.54) is 19.8 Å². The number of carbonyl (C=O) groups excluding carboxylic acids is 2. The summed E-state index contributed by atoms with van der Waals surface area (Å²) in [6, 6.07) is 0. The van der Waals surface area contributed by atoms with E-state index in [1.54, 1.807) is 0 Å². The van der Waals surface area contributed by atoms with Gasteiger partial charge in [-0.05, 0) is 66.5 Å². The van der Waals surface area contributed by atoms with E-state index in [9.17, 15) is 9.59 Å². The van der Waals surface area contributed by atoms with Crippen LogP contribution in [0, 0.1) is 33.5 Å². The number of rotatable bonds is 4. The molecular formula is C28H46O4Si. The van der Waals surface area contributed by atoms with Gasteiger partial charge >= 0.3 is 5.97 Å². The van der Waals surface area contributed by atoms with Gasteiger partial charge in [-0.3, -0.25) is 9.59 Å². The Labute approximate surface area is 202 Å². The fourth-order valence-electron chi connectivity index (χ4n) is 7.95. The molecule has 0 aromatic heterocycles. The number of hydrogen-bond donors (Lipinski definition) is 0. The summed E-state index contributed by atoms with van der Waals surface area (Å²) < 4.78 is 12.8. The molecule has 4 nitrogen and oxygen atoms in total. The van der Waals surface area contributed by atoms with Gasteiger partial charge in [-0.25, -0.2) is 0 Å². The molecule has 0 aromatic rings. The Morgan fingerprint density at radius 1 is 1.12 bits per heavy atom. The van der Waals surface area contributed by atoms with E-state index in [1.807, 2.05) is 0 Å². The van der Waals surface area contributed by atoms with Crippen LogP contribution in [0.5, 0.6) is 0 Å². The quantitative estimate of drug-likeness (QED) is 0.258. The van der Waals surface area contributed by atoms with Crippen molar-refractivity contribution in [2.45, 2.75) is 111 Å². The van der Waals surface area contributed by atoms with Gasteiger partial charge in [0, 0.05) is 18.8 Å². The lowest BCUT2D eigenvalue weighted by Gasteiger charge is -2.65. The molecule has 0 heterocycles. The Hall–Kier alpha value is -0.943. The summed E-state index contributed by atoms with van der Waals surface area (Å²) in [7, 11) is -1.99. The predicted molar refractivity (Wildman–Crippen MR) is 134 cm³/mol. The van der Waals surface area contributed by atoms with Crippen molar-refractivity contribution < 1.29 is 18.8 Å². The van der Waals surface area contributed by atoms with Crippen LogP contribution in [-0.2, 0) is 18.8 Å². The number of Topliss-reactive ketones (excluding diaryl/α,β-unsaturated/α-hetero) is 1. The van der Waals surface area contributed by atoms with Crippen molar-refractivity contribution in [2.75, 3.05) is 6.61 Å². The zero-order valence-electron chi connectivity index (χ0n) is 22.5. The van der Waals surface area contributed by atoms with Gasteiger partial charge in [0.05, 0.1) is 12.0 Å². The van der Waals surface area contributed by atoms with Crippen LogP contribution in [0.4, 0.5) is 0 Å². The molecule has 1 spiro atoms. The standard InChI is InChI=1S/C28H46O4Si/c1-19(29)32-23-16-20-25(5,6)11-10-12-26(20,7)21-15-22(30)27(13-14-28(21,23)17-27)18-31-33(8,9)24(2,3)4/h13-14,20-21,23H,10-12,15-18H2,1-9H3/t20?,21?,23-,26+,27+,28+/m0/s1. The maximum atomic E-state index is 13.9. The minimum atomic E-state index is -1.99. The number of fused-ring (bicyclic) bond motifs is 3. The Bertz CT molecular complexity index is 868. The first kappa shape index (κ1) is 25.2. The van der Waals surface area contributed by atoms with Gasteiger partial charge in [0.2, 0.25) is 0 Å². The van der Waals surface area contributed by atoms with E-state index in [4.69, 9.17) is 9.16 Å². The molecule has 5 heteroatoms. The molecule has 0 aromatic carbocycles. The second kappa shape index (κ2) is 7.53. The summed E-state index contributed by atoms with van der Waals surface area (Å²) >= 11 is 0. The monoisotopic (exact) mass is 474 g/mol. The number of carbonyl (C=O) groups is 2. The number of ketones is 1. The Morgan fingerprint density at radius 2 is 1.79 bits per heavy atom. The molecule has 3 saturated carbocycles. The highest BCUT2D eigenvalue weighted by atomic mass is 28.4. The lowest BCUT2D eigenvalue weighted by molar-refractivity contribution is -0.207. The van der Waals surface area contributed by atoms with Crippen molar-refractivity contribution in [3.8, 4) is 0 Å². The third-order valence-corrected chi connectivity index (χ3v) is 15.3. The average Bonchev–Trinajstić information content (AvgIpc) is 3.00. The third kappa shape index (κ3) is 3.71.